The molecule has 7 heteroatoms. The van der Waals surface area contributed by atoms with Gasteiger partial charge in [-0.15, -0.1) is 0 Å². The first-order valence-corrected chi connectivity index (χ1v) is 10.2. The van der Waals surface area contributed by atoms with Gasteiger partial charge in [0.05, 0.1) is 5.56 Å². The molecule has 0 radical (unpaired) electrons. The van der Waals surface area contributed by atoms with Crippen molar-refractivity contribution in [2.75, 3.05) is 20.1 Å². The number of fused-ring (bicyclic) bond motifs is 1. The van der Waals surface area contributed by atoms with Crippen molar-refractivity contribution in [3.05, 3.63) is 69.2 Å². The molecule has 6 nitrogen and oxygen atoms in total. The highest BCUT2D eigenvalue weighted by atomic mass is 35.5. The van der Waals surface area contributed by atoms with E-state index in [4.69, 9.17) is 11.6 Å². The molecule has 1 fully saturated rings. The van der Waals surface area contributed by atoms with Crippen LogP contribution in [0.1, 0.15) is 28.8 Å². The topological polar surface area (TPSA) is 61.3 Å². The van der Waals surface area contributed by atoms with Crippen LogP contribution < -0.4 is 5.56 Å². The van der Waals surface area contributed by atoms with Crippen LogP contribution in [0.5, 0.6) is 0 Å². The summed E-state index contributed by atoms with van der Waals surface area (Å²) in [5, 5.41) is 1.48. The maximum Gasteiger partial charge on any atom is 0.274 e. The highest BCUT2D eigenvalue weighted by Gasteiger charge is 2.27. The molecule has 1 amide bonds. The number of aryl methyl sites for hydroxylation is 1. The van der Waals surface area contributed by atoms with Gasteiger partial charge in [-0.25, -0.2) is 0 Å². The molecule has 0 aliphatic carbocycles. The minimum Gasteiger partial charge on any atom is -0.357 e. The molecule has 1 aliphatic rings. The summed E-state index contributed by atoms with van der Waals surface area (Å²) in [6.45, 7) is 2.66. The molecule has 0 saturated carbocycles. The molecule has 29 heavy (non-hydrogen) atoms. The summed E-state index contributed by atoms with van der Waals surface area (Å²) in [6.07, 6.45) is 5.17. The molecule has 0 bridgehead atoms. The lowest BCUT2D eigenvalue weighted by atomic mass is 10.0. The smallest absolute Gasteiger partial charge is 0.274 e. The van der Waals surface area contributed by atoms with Crippen molar-refractivity contribution in [3.8, 4) is 0 Å². The Morgan fingerprint density at radius 3 is 2.69 bits per heavy atom. The van der Waals surface area contributed by atoms with Gasteiger partial charge in [-0.05, 0) is 30.5 Å². The number of benzene rings is 1. The SMILES string of the molecule is CN(C(=O)c1cn(C)c(=O)c2[nH]ccc12)C1CCN(Cc2ccccc2Cl)CC1. The number of nitrogens with one attached hydrogen (secondary N) is 1. The Hall–Kier alpha value is -2.57. The Labute approximate surface area is 174 Å². The van der Waals surface area contributed by atoms with Crippen LogP contribution in [0.15, 0.2) is 47.5 Å². The number of amides is 1. The molecule has 152 valence electrons. The van der Waals surface area contributed by atoms with E-state index in [0.717, 1.165) is 43.1 Å². The summed E-state index contributed by atoms with van der Waals surface area (Å²) in [4.78, 5) is 32.6. The molecular weight excluding hydrogens is 388 g/mol. The minimum absolute atomic E-state index is 0.0465. The fourth-order valence-electron chi connectivity index (χ4n) is 4.13. The zero-order valence-electron chi connectivity index (χ0n) is 16.7. The summed E-state index contributed by atoms with van der Waals surface area (Å²) in [5.74, 6) is -0.0465. The van der Waals surface area contributed by atoms with E-state index in [-0.39, 0.29) is 17.5 Å². The van der Waals surface area contributed by atoms with Crippen molar-refractivity contribution < 1.29 is 4.79 Å². The van der Waals surface area contributed by atoms with Crippen LogP contribution in [0.3, 0.4) is 0 Å². The number of hydrogen-bond donors (Lipinski definition) is 1. The third-order valence-electron chi connectivity index (χ3n) is 5.90. The van der Waals surface area contributed by atoms with Crippen LogP contribution in [-0.2, 0) is 13.6 Å². The second kappa shape index (κ2) is 8.05. The quantitative estimate of drug-likeness (QED) is 0.715. The van der Waals surface area contributed by atoms with Crippen molar-refractivity contribution in [1.29, 1.82) is 0 Å². The van der Waals surface area contributed by atoms with E-state index in [9.17, 15) is 9.59 Å². The van der Waals surface area contributed by atoms with Gasteiger partial charge < -0.3 is 14.5 Å². The van der Waals surface area contributed by atoms with Gasteiger partial charge in [-0.1, -0.05) is 29.8 Å². The largest absolute Gasteiger partial charge is 0.357 e. The van der Waals surface area contributed by atoms with Gasteiger partial charge in [0.25, 0.3) is 11.5 Å². The van der Waals surface area contributed by atoms with E-state index in [1.165, 1.54) is 4.57 Å². The Morgan fingerprint density at radius 1 is 1.24 bits per heavy atom. The molecule has 2 aromatic heterocycles. The molecule has 4 rings (SSSR count). The molecule has 3 heterocycles. The summed E-state index contributed by atoms with van der Waals surface area (Å²) in [7, 11) is 3.53. The van der Waals surface area contributed by atoms with Crippen molar-refractivity contribution in [3.63, 3.8) is 0 Å². The number of aromatic amines is 1. The Bertz CT molecular complexity index is 1100. The maximum absolute atomic E-state index is 13.2. The van der Waals surface area contributed by atoms with E-state index in [2.05, 4.69) is 16.0 Å². The number of nitrogens with zero attached hydrogens (tertiary/aromatic N) is 3. The number of carbonyl (C=O) groups excluding carboxylic acids is 1. The monoisotopic (exact) mass is 412 g/mol. The van der Waals surface area contributed by atoms with Crippen molar-refractivity contribution in [2.24, 2.45) is 7.05 Å². The molecule has 0 unspecified atom stereocenters. The van der Waals surface area contributed by atoms with Gasteiger partial charge >= 0.3 is 0 Å². The summed E-state index contributed by atoms with van der Waals surface area (Å²) < 4.78 is 1.46. The lowest BCUT2D eigenvalue weighted by molar-refractivity contribution is 0.0637. The van der Waals surface area contributed by atoms with Crippen LogP contribution in [0, 0.1) is 0 Å². The first-order chi connectivity index (χ1) is 14.0. The predicted molar refractivity (Wildman–Crippen MR) is 115 cm³/mol. The zero-order chi connectivity index (χ0) is 20.5. The molecule has 1 saturated heterocycles. The number of likely N-dealkylation sites (tertiary alicyclic amines) is 1. The minimum atomic E-state index is -0.128. The number of hydrogen-bond acceptors (Lipinski definition) is 3. The van der Waals surface area contributed by atoms with E-state index in [1.807, 2.05) is 30.1 Å². The van der Waals surface area contributed by atoms with Crippen LogP contribution in [0.25, 0.3) is 10.9 Å². The zero-order valence-corrected chi connectivity index (χ0v) is 17.4. The second-order valence-corrected chi connectivity index (χ2v) is 8.15. The first-order valence-electron chi connectivity index (χ1n) is 9.85. The molecule has 0 atom stereocenters. The van der Waals surface area contributed by atoms with Gasteiger partial charge in [0, 0.05) is 62.6 Å². The average molecular weight is 413 g/mol. The van der Waals surface area contributed by atoms with Crippen LogP contribution in [0.2, 0.25) is 5.02 Å². The number of H-pyrrole nitrogens is 1. The first kappa shape index (κ1) is 19.7. The maximum atomic E-state index is 13.2. The molecular formula is C22H25ClN4O2. The predicted octanol–water partition coefficient (Wildman–Crippen LogP) is 3.26. The summed E-state index contributed by atoms with van der Waals surface area (Å²) in [5.41, 5.74) is 2.04. The molecule has 0 spiro atoms. The van der Waals surface area contributed by atoms with Gasteiger partial charge in [0.15, 0.2) is 0 Å². The van der Waals surface area contributed by atoms with Crippen molar-refractivity contribution in [2.45, 2.75) is 25.4 Å². The summed E-state index contributed by atoms with van der Waals surface area (Å²) in [6, 6.07) is 9.91. The Morgan fingerprint density at radius 2 is 1.97 bits per heavy atom. The lowest BCUT2D eigenvalue weighted by Gasteiger charge is -2.37. The summed E-state index contributed by atoms with van der Waals surface area (Å²) >= 11 is 6.29. The van der Waals surface area contributed by atoms with Gasteiger partial charge in [-0.3, -0.25) is 14.5 Å². The van der Waals surface area contributed by atoms with E-state index in [1.54, 1.807) is 25.5 Å². The third-order valence-corrected chi connectivity index (χ3v) is 6.27. The second-order valence-electron chi connectivity index (χ2n) is 7.74. The Balaban J connectivity index is 1.45. The van der Waals surface area contributed by atoms with Crippen LogP contribution >= 0.6 is 11.6 Å². The number of pyridine rings is 1. The molecule has 1 N–H and O–H groups in total. The number of piperidine rings is 1. The van der Waals surface area contributed by atoms with Gasteiger partial charge in [-0.2, -0.15) is 0 Å². The molecule has 1 aliphatic heterocycles. The standard InChI is InChI=1S/C22H25ClN4O2/c1-25-14-18(17-7-10-24-20(17)22(25)29)21(28)26(2)16-8-11-27(12-9-16)13-15-5-3-4-6-19(15)23/h3-7,10,14,16,24H,8-9,11-13H2,1-2H3. The lowest BCUT2D eigenvalue weighted by Crippen LogP contribution is -2.45. The Kier molecular flexibility index (Phi) is 5.48. The van der Waals surface area contributed by atoms with Crippen molar-refractivity contribution >= 4 is 28.4 Å². The van der Waals surface area contributed by atoms with E-state index in [0.29, 0.717) is 16.5 Å². The van der Waals surface area contributed by atoms with Crippen LogP contribution in [0.4, 0.5) is 0 Å². The number of aromatic nitrogens is 2. The van der Waals surface area contributed by atoms with E-state index >= 15 is 0 Å². The average Bonchev–Trinajstić information content (AvgIpc) is 3.22. The number of carbonyl (C=O) groups is 1. The fourth-order valence-corrected chi connectivity index (χ4v) is 4.32. The number of rotatable bonds is 4. The normalized spacial score (nSPS) is 15.7. The van der Waals surface area contributed by atoms with Crippen LogP contribution in [-0.4, -0.2) is 51.4 Å². The molecule has 1 aromatic carbocycles. The van der Waals surface area contributed by atoms with Gasteiger partial charge in [0.2, 0.25) is 0 Å². The highest BCUT2D eigenvalue weighted by molar-refractivity contribution is 6.31. The van der Waals surface area contributed by atoms with Gasteiger partial charge in [0.1, 0.15) is 5.52 Å². The molecule has 3 aromatic rings. The third kappa shape index (κ3) is 3.82. The fraction of sp³-hybridized carbons (Fsp3) is 0.364. The van der Waals surface area contributed by atoms with Crippen molar-refractivity contribution in [1.82, 2.24) is 19.4 Å². The van der Waals surface area contributed by atoms with E-state index < -0.39 is 0 Å². The number of halogens is 1. The highest BCUT2D eigenvalue weighted by Crippen LogP contribution is 2.23.